The van der Waals surface area contributed by atoms with Gasteiger partial charge in [-0.15, -0.1) is 0 Å². The summed E-state index contributed by atoms with van der Waals surface area (Å²) in [5.41, 5.74) is 6.57. The SMILES string of the molecule is CCCC(C)(CN)Cc1ccccc1F. The van der Waals surface area contributed by atoms with Crippen LogP contribution in [0.4, 0.5) is 4.39 Å². The average molecular weight is 209 g/mol. The van der Waals surface area contributed by atoms with E-state index in [0.29, 0.717) is 6.54 Å². The molecule has 0 heterocycles. The van der Waals surface area contributed by atoms with E-state index in [9.17, 15) is 4.39 Å². The third-order valence-electron chi connectivity index (χ3n) is 2.92. The van der Waals surface area contributed by atoms with Crippen molar-refractivity contribution in [2.75, 3.05) is 6.54 Å². The van der Waals surface area contributed by atoms with Crippen molar-refractivity contribution < 1.29 is 4.39 Å². The van der Waals surface area contributed by atoms with Crippen LogP contribution in [0.15, 0.2) is 24.3 Å². The van der Waals surface area contributed by atoms with E-state index >= 15 is 0 Å². The van der Waals surface area contributed by atoms with E-state index in [1.165, 1.54) is 6.07 Å². The summed E-state index contributed by atoms with van der Waals surface area (Å²) in [6.45, 7) is 4.87. The van der Waals surface area contributed by atoms with E-state index in [0.717, 1.165) is 24.8 Å². The van der Waals surface area contributed by atoms with Gasteiger partial charge in [-0.25, -0.2) is 4.39 Å². The van der Waals surface area contributed by atoms with Crippen LogP contribution in [0, 0.1) is 11.2 Å². The molecule has 1 nitrogen and oxygen atoms in total. The molecule has 0 saturated heterocycles. The molecule has 0 aliphatic carbocycles. The van der Waals surface area contributed by atoms with Crippen LogP contribution in [0.5, 0.6) is 0 Å². The first-order valence-electron chi connectivity index (χ1n) is 5.55. The summed E-state index contributed by atoms with van der Waals surface area (Å²) >= 11 is 0. The van der Waals surface area contributed by atoms with Gasteiger partial charge < -0.3 is 5.73 Å². The molecule has 0 aromatic heterocycles. The molecule has 0 aliphatic heterocycles. The Morgan fingerprint density at radius 2 is 2.00 bits per heavy atom. The van der Waals surface area contributed by atoms with Gasteiger partial charge in [0.05, 0.1) is 0 Å². The Morgan fingerprint density at radius 3 is 2.53 bits per heavy atom. The molecular formula is C13H20FN. The summed E-state index contributed by atoms with van der Waals surface area (Å²) in [5.74, 6) is -0.117. The Kier molecular flexibility index (Phi) is 4.28. The summed E-state index contributed by atoms with van der Waals surface area (Å²) < 4.78 is 13.5. The minimum Gasteiger partial charge on any atom is -0.330 e. The van der Waals surface area contributed by atoms with Gasteiger partial charge in [0.2, 0.25) is 0 Å². The highest BCUT2D eigenvalue weighted by Gasteiger charge is 2.23. The van der Waals surface area contributed by atoms with Crippen LogP contribution in [-0.2, 0) is 6.42 Å². The molecule has 1 aromatic rings. The average Bonchev–Trinajstić information content (AvgIpc) is 2.22. The Labute approximate surface area is 91.5 Å². The van der Waals surface area contributed by atoms with Crippen LogP contribution in [-0.4, -0.2) is 6.54 Å². The van der Waals surface area contributed by atoms with Crippen LogP contribution in [0.3, 0.4) is 0 Å². The van der Waals surface area contributed by atoms with Gasteiger partial charge in [0, 0.05) is 0 Å². The van der Waals surface area contributed by atoms with Crippen LogP contribution >= 0.6 is 0 Å². The maximum Gasteiger partial charge on any atom is 0.126 e. The lowest BCUT2D eigenvalue weighted by molar-refractivity contribution is 0.298. The van der Waals surface area contributed by atoms with Gasteiger partial charge in [0.1, 0.15) is 5.82 Å². The van der Waals surface area contributed by atoms with E-state index in [1.54, 1.807) is 6.07 Å². The first kappa shape index (κ1) is 12.2. The summed E-state index contributed by atoms with van der Waals surface area (Å²) in [7, 11) is 0. The predicted octanol–water partition coefficient (Wildman–Crippen LogP) is 3.13. The highest BCUT2D eigenvalue weighted by molar-refractivity contribution is 5.18. The Bertz CT molecular complexity index is 311. The number of halogens is 1. The van der Waals surface area contributed by atoms with Gasteiger partial charge in [-0.1, -0.05) is 38.5 Å². The Hall–Kier alpha value is -0.890. The van der Waals surface area contributed by atoms with E-state index in [4.69, 9.17) is 5.73 Å². The second-order valence-corrected chi connectivity index (χ2v) is 4.53. The molecule has 0 spiro atoms. The molecule has 1 atom stereocenters. The minimum absolute atomic E-state index is 0.0247. The fourth-order valence-electron chi connectivity index (χ4n) is 1.97. The topological polar surface area (TPSA) is 26.0 Å². The number of hydrogen-bond acceptors (Lipinski definition) is 1. The Morgan fingerprint density at radius 1 is 1.33 bits per heavy atom. The normalized spacial score (nSPS) is 14.9. The van der Waals surface area contributed by atoms with Crippen molar-refractivity contribution in [2.45, 2.75) is 33.1 Å². The summed E-state index contributed by atoms with van der Waals surface area (Å²) in [6.07, 6.45) is 2.85. The van der Waals surface area contributed by atoms with Crippen LogP contribution < -0.4 is 5.73 Å². The molecule has 0 amide bonds. The van der Waals surface area contributed by atoms with E-state index in [2.05, 4.69) is 13.8 Å². The number of hydrogen-bond donors (Lipinski definition) is 1. The second-order valence-electron chi connectivity index (χ2n) is 4.53. The molecule has 2 heteroatoms. The Balaban J connectivity index is 2.79. The van der Waals surface area contributed by atoms with Gasteiger partial charge >= 0.3 is 0 Å². The zero-order chi connectivity index (χ0) is 11.3. The van der Waals surface area contributed by atoms with Crippen molar-refractivity contribution >= 4 is 0 Å². The second kappa shape index (κ2) is 5.26. The highest BCUT2D eigenvalue weighted by atomic mass is 19.1. The molecule has 2 N–H and O–H groups in total. The summed E-state index contributed by atoms with van der Waals surface area (Å²) in [4.78, 5) is 0. The van der Waals surface area contributed by atoms with Crippen molar-refractivity contribution in [1.82, 2.24) is 0 Å². The summed E-state index contributed by atoms with van der Waals surface area (Å²) in [5, 5.41) is 0. The fourth-order valence-corrected chi connectivity index (χ4v) is 1.97. The van der Waals surface area contributed by atoms with Crippen LogP contribution in [0.2, 0.25) is 0 Å². The van der Waals surface area contributed by atoms with Gasteiger partial charge in [-0.2, -0.15) is 0 Å². The maximum absolute atomic E-state index is 13.5. The van der Waals surface area contributed by atoms with E-state index < -0.39 is 0 Å². The van der Waals surface area contributed by atoms with Crippen LogP contribution in [0.1, 0.15) is 32.3 Å². The molecule has 0 radical (unpaired) electrons. The third-order valence-corrected chi connectivity index (χ3v) is 2.92. The predicted molar refractivity (Wildman–Crippen MR) is 62.2 cm³/mol. The lowest BCUT2D eigenvalue weighted by Crippen LogP contribution is -2.29. The maximum atomic E-state index is 13.5. The third kappa shape index (κ3) is 3.31. The van der Waals surface area contributed by atoms with E-state index in [-0.39, 0.29) is 11.2 Å². The molecule has 1 rings (SSSR count). The zero-order valence-corrected chi connectivity index (χ0v) is 9.59. The molecule has 84 valence electrons. The van der Waals surface area contributed by atoms with Crippen molar-refractivity contribution in [3.8, 4) is 0 Å². The molecule has 0 bridgehead atoms. The molecule has 15 heavy (non-hydrogen) atoms. The smallest absolute Gasteiger partial charge is 0.126 e. The number of nitrogens with two attached hydrogens (primary N) is 1. The highest BCUT2D eigenvalue weighted by Crippen LogP contribution is 2.27. The van der Waals surface area contributed by atoms with E-state index in [1.807, 2.05) is 12.1 Å². The number of rotatable bonds is 5. The lowest BCUT2D eigenvalue weighted by Gasteiger charge is -2.27. The van der Waals surface area contributed by atoms with Crippen molar-refractivity contribution in [3.05, 3.63) is 35.6 Å². The quantitative estimate of drug-likeness (QED) is 0.792. The lowest BCUT2D eigenvalue weighted by atomic mass is 9.80. The van der Waals surface area contributed by atoms with Crippen LogP contribution in [0.25, 0.3) is 0 Å². The summed E-state index contributed by atoms with van der Waals surface area (Å²) in [6, 6.07) is 6.96. The van der Waals surface area contributed by atoms with Gasteiger partial charge in [-0.05, 0) is 36.4 Å². The largest absolute Gasteiger partial charge is 0.330 e. The molecule has 0 aliphatic rings. The monoisotopic (exact) mass is 209 g/mol. The standard InChI is InChI=1S/C13H20FN/c1-3-8-13(2,10-15)9-11-6-4-5-7-12(11)14/h4-7H,3,8-10,15H2,1-2H3. The molecule has 0 saturated carbocycles. The molecule has 0 fully saturated rings. The fraction of sp³-hybridized carbons (Fsp3) is 0.538. The first-order chi connectivity index (χ1) is 7.11. The molecule has 1 aromatic carbocycles. The molecular weight excluding hydrogens is 189 g/mol. The minimum atomic E-state index is -0.117. The van der Waals surface area contributed by atoms with Crippen molar-refractivity contribution in [3.63, 3.8) is 0 Å². The van der Waals surface area contributed by atoms with Gasteiger partial charge in [0.25, 0.3) is 0 Å². The van der Waals surface area contributed by atoms with Gasteiger partial charge in [-0.3, -0.25) is 0 Å². The first-order valence-corrected chi connectivity index (χ1v) is 5.55. The van der Waals surface area contributed by atoms with Gasteiger partial charge in [0.15, 0.2) is 0 Å². The zero-order valence-electron chi connectivity index (χ0n) is 9.59. The van der Waals surface area contributed by atoms with Crippen molar-refractivity contribution in [1.29, 1.82) is 0 Å². The van der Waals surface area contributed by atoms with Crippen molar-refractivity contribution in [2.24, 2.45) is 11.1 Å². The number of benzene rings is 1. The molecule has 1 unspecified atom stereocenters.